The van der Waals surface area contributed by atoms with Gasteiger partial charge in [0, 0.05) is 69.0 Å². The van der Waals surface area contributed by atoms with Crippen LogP contribution in [0.25, 0.3) is 11.0 Å². The number of pyridine rings is 1. The summed E-state index contributed by atoms with van der Waals surface area (Å²) in [6.45, 7) is 11.9. The molecule has 1 spiro atoms. The highest BCUT2D eigenvalue weighted by atomic mass is 19.1. The molecule has 0 bridgehead atoms. The van der Waals surface area contributed by atoms with Crippen LogP contribution >= 0.6 is 0 Å². The molecule has 2 aliphatic carbocycles. The minimum absolute atomic E-state index is 0.234. The van der Waals surface area contributed by atoms with Crippen LogP contribution in [0.15, 0.2) is 85.2 Å². The third-order valence-electron chi connectivity index (χ3n) is 12.9. The molecule has 280 valence electrons. The molecule has 2 saturated carbocycles. The number of aromatic nitrogens is 2. The van der Waals surface area contributed by atoms with Gasteiger partial charge in [0.25, 0.3) is 0 Å². The van der Waals surface area contributed by atoms with E-state index in [1.807, 2.05) is 18.3 Å². The zero-order valence-corrected chi connectivity index (χ0v) is 31.9. The van der Waals surface area contributed by atoms with E-state index in [4.69, 9.17) is 4.74 Å². The number of benzene rings is 3. The second-order valence-corrected chi connectivity index (χ2v) is 16.9. The highest BCUT2D eigenvalue weighted by Gasteiger charge is 2.50. The number of fused-ring (bicyclic) bond motifs is 1. The first-order valence-corrected chi connectivity index (χ1v) is 20.1. The number of carbonyl (C=O) groups excluding carboxylic acids is 1. The molecular formula is C46H52FN5O2. The van der Waals surface area contributed by atoms with Crippen LogP contribution in [0.1, 0.15) is 110 Å². The third-order valence-corrected chi connectivity index (χ3v) is 12.9. The van der Waals surface area contributed by atoms with E-state index >= 15 is 4.39 Å². The van der Waals surface area contributed by atoms with Gasteiger partial charge in [-0.2, -0.15) is 0 Å². The number of ether oxygens (including phenoxy) is 1. The van der Waals surface area contributed by atoms with E-state index in [0.717, 1.165) is 69.1 Å². The minimum Gasteiger partial charge on any atom is -0.455 e. The predicted octanol–water partition coefficient (Wildman–Crippen LogP) is 10.0. The second-order valence-electron chi connectivity index (χ2n) is 16.9. The van der Waals surface area contributed by atoms with E-state index in [1.165, 1.54) is 60.9 Å². The number of hydrogen-bond acceptors (Lipinski definition) is 6. The average Bonchev–Trinajstić information content (AvgIpc) is 3.91. The first-order valence-electron chi connectivity index (χ1n) is 20.1. The monoisotopic (exact) mass is 725 g/mol. The van der Waals surface area contributed by atoms with Gasteiger partial charge >= 0.3 is 0 Å². The number of nitrogens with one attached hydrogen (secondary N) is 1. The van der Waals surface area contributed by atoms with E-state index in [9.17, 15) is 4.79 Å². The van der Waals surface area contributed by atoms with Crippen LogP contribution in [-0.2, 0) is 6.54 Å². The third kappa shape index (κ3) is 6.95. The lowest BCUT2D eigenvalue weighted by atomic mass is 9.59. The molecular weight excluding hydrogens is 674 g/mol. The van der Waals surface area contributed by atoms with Crippen molar-refractivity contribution < 1.29 is 13.9 Å². The number of hydrogen-bond donors (Lipinski definition) is 1. The lowest BCUT2D eigenvalue weighted by Gasteiger charge is -2.58. The number of rotatable bonds is 10. The number of piperidine rings is 1. The van der Waals surface area contributed by atoms with E-state index in [1.54, 1.807) is 12.3 Å². The van der Waals surface area contributed by atoms with Crippen LogP contribution in [0, 0.1) is 11.2 Å². The molecule has 54 heavy (non-hydrogen) atoms. The van der Waals surface area contributed by atoms with Crippen molar-refractivity contribution in [3.05, 3.63) is 119 Å². The summed E-state index contributed by atoms with van der Waals surface area (Å²) in [6.07, 6.45) is 10.6. The molecule has 1 atom stereocenters. The number of H-pyrrole nitrogens is 1. The van der Waals surface area contributed by atoms with Gasteiger partial charge in [0.15, 0.2) is 5.78 Å². The Morgan fingerprint density at radius 3 is 2.50 bits per heavy atom. The average molecular weight is 726 g/mol. The molecule has 3 aromatic carbocycles. The number of aromatic amines is 1. The molecule has 1 N–H and O–H groups in total. The van der Waals surface area contributed by atoms with Crippen molar-refractivity contribution in [2.45, 2.75) is 89.8 Å². The summed E-state index contributed by atoms with van der Waals surface area (Å²) in [4.78, 5) is 27.7. The molecule has 4 aliphatic rings. The highest BCUT2D eigenvalue weighted by Crippen LogP contribution is 2.53. The minimum atomic E-state index is -0.377. The van der Waals surface area contributed by atoms with Crippen LogP contribution in [-0.4, -0.2) is 64.3 Å². The summed E-state index contributed by atoms with van der Waals surface area (Å²) < 4.78 is 21.9. The van der Waals surface area contributed by atoms with Gasteiger partial charge in [0.1, 0.15) is 23.0 Å². The number of ketones is 1. The fourth-order valence-electron chi connectivity index (χ4n) is 9.67. The standard InChI is InChI=1S/C46H52FN5O2/c1-30(2)38-6-4-5-7-39(38)43-29-50(28-32-8-10-33(11-9-32)34-12-13-34)20-21-52(43)36-25-46(26-36)15-18-51(19-16-46)42-24-44(40(31(3)53)23-41(42)47)54-37-22-35-14-17-48-45(35)49-27-37/h4-11,14,17,22-24,27,30,34,36,43H,12-13,15-16,18-21,25-26,28-29H2,1-3H3,(H,48,49)/t43-/m0/s1. The number of nitrogens with zero attached hydrogens (tertiary/aromatic N) is 4. The van der Waals surface area contributed by atoms with Crippen molar-refractivity contribution in [2.75, 3.05) is 37.6 Å². The Balaban J connectivity index is 0.885. The maximum Gasteiger partial charge on any atom is 0.163 e. The summed E-state index contributed by atoms with van der Waals surface area (Å²) in [5.41, 5.74) is 7.66. The largest absolute Gasteiger partial charge is 0.455 e. The number of Topliss-reactive ketones (excluding diaryl/α,β-unsaturated/α-hetero) is 1. The quantitative estimate of drug-likeness (QED) is 0.145. The Hall–Kier alpha value is -4.53. The summed E-state index contributed by atoms with van der Waals surface area (Å²) in [5, 5.41) is 0.908. The van der Waals surface area contributed by atoms with Crippen LogP contribution in [0.2, 0.25) is 0 Å². The fraction of sp³-hybridized carbons (Fsp3) is 0.435. The lowest BCUT2D eigenvalue weighted by Crippen LogP contribution is -2.60. The van der Waals surface area contributed by atoms with Crippen molar-refractivity contribution in [2.24, 2.45) is 5.41 Å². The van der Waals surface area contributed by atoms with Crippen molar-refractivity contribution in [3.8, 4) is 11.5 Å². The van der Waals surface area contributed by atoms with E-state index in [-0.39, 0.29) is 22.6 Å². The number of piperazine rings is 1. The van der Waals surface area contributed by atoms with Gasteiger partial charge in [-0.3, -0.25) is 14.6 Å². The van der Waals surface area contributed by atoms with Crippen molar-refractivity contribution >= 4 is 22.5 Å². The summed E-state index contributed by atoms with van der Waals surface area (Å²) in [7, 11) is 0. The lowest BCUT2D eigenvalue weighted by molar-refractivity contribution is -0.0628. The maximum absolute atomic E-state index is 15.7. The molecule has 0 unspecified atom stereocenters. The van der Waals surface area contributed by atoms with Gasteiger partial charge in [-0.05, 0) is 103 Å². The highest BCUT2D eigenvalue weighted by molar-refractivity contribution is 5.97. The van der Waals surface area contributed by atoms with Crippen LogP contribution in [0.4, 0.5) is 10.1 Å². The van der Waals surface area contributed by atoms with Crippen LogP contribution in [0.5, 0.6) is 11.5 Å². The van der Waals surface area contributed by atoms with Crippen molar-refractivity contribution in [3.63, 3.8) is 0 Å². The predicted molar refractivity (Wildman–Crippen MR) is 213 cm³/mol. The molecule has 0 amide bonds. The van der Waals surface area contributed by atoms with Gasteiger partial charge < -0.3 is 14.6 Å². The Morgan fingerprint density at radius 2 is 1.76 bits per heavy atom. The topological polar surface area (TPSA) is 64.7 Å². The van der Waals surface area contributed by atoms with Crippen LogP contribution in [0.3, 0.4) is 0 Å². The molecule has 2 aromatic heterocycles. The van der Waals surface area contributed by atoms with Crippen molar-refractivity contribution in [1.29, 1.82) is 0 Å². The summed E-state index contributed by atoms with van der Waals surface area (Å²) in [5.74, 6) is 1.53. The van der Waals surface area contributed by atoms with Gasteiger partial charge in [-0.25, -0.2) is 9.37 Å². The smallest absolute Gasteiger partial charge is 0.163 e. The molecule has 2 aliphatic heterocycles. The molecule has 7 nitrogen and oxygen atoms in total. The maximum atomic E-state index is 15.7. The first-order chi connectivity index (χ1) is 26.2. The SMILES string of the molecule is CC(=O)c1cc(F)c(N2CCC3(CC2)CC(N2CCN(Cc4ccc(C5CC5)cc4)C[C@H]2c2ccccc2C(C)C)C3)cc1Oc1cnc2[nH]ccc2c1. The Labute approximate surface area is 318 Å². The van der Waals surface area contributed by atoms with E-state index in [0.29, 0.717) is 35.2 Å². The van der Waals surface area contributed by atoms with E-state index < -0.39 is 0 Å². The molecule has 4 heterocycles. The van der Waals surface area contributed by atoms with Gasteiger partial charge in [-0.1, -0.05) is 62.4 Å². The molecule has 0 radical (unpaired) electrons. The summed E-state index contributed by atoms with van der Waals surface area (Å²) >= 11 is 0. The first kappa shape index (κ1) is 35.2. The van der Waals surface area contributed by atoms with E-state index in [2.05, 4.69) is 87.0 Å². The summed E-state index contributed by atoms with van der Waals surface area (Å²) in [6, 6.07) is 26.4. The molecule has 4 fully saturated rings. The number of anilines is 1. The molecule has 5 aromatic rings. The van der Waals surface area contributed by atoms with Gasteiger partial charge in [-0.15, -0.1) is 0 Å². The molecule has 2 saturated heterocycles. The Kier molecular flexibility index (Phi) is 9.30. The zero-order chi connectivity index (χ0) is 37.0. The van der Waals surface area contributed by atoms with Crippen LogP contribution < -0.4 is 9.64 Å². The second kappa shape index (κ2) is 14.3. The molecule has 9 rings (SSSR count). The van der Waals surface area contributed by atoms with Gasteiger partial charge in [0.05, 0.1) is 17.4 Å². The Bertz CT molecular complexity index is 2140. The number of carbonyl (C=O) groups is 1. The zero-order valence-electron chi connectivity index (χ0n) is 31.9. The van der Waals surface area contributed by atoms with Crippen molar-refractivity contribution in [1.82, 2.24) is 19.8 Å². The Morgan fingerprint density at radius 1 is 0.981 bits per heavy atom. The fourth-order valence-corrected chi connectivity index (χ4v) is 9.67. The normalized spacial score (nSPS) is 20.8. The number of halogens is 1. The van der Waals surface area contributed by atoms with Gasteiger partial charge in [0.2, 0.25) is 0 Å². The molecule has 8 heteroatoms.